The zero-order chi connectivity index (χ0) is 18.4. The van der Waals surface area contributed by atoms with E-state index >= 15 is 0 Å². The number of ether oxygens (including phenoxy) is 1. The van der Waals surface area contributed by atoms with Crippen molar-refractivity contribution in [2.24, 2.45) is 5.10 Å². The SMILES string of the molecule is O=C(COc1ccc(Cl)cc1)N/N=C/c1ccc(-c2ccc(I)cc2)o1. The Labute approximate surface area is 169 Å². The summed E-state index contributed by atoms with van der Waals surface area (Å²) >= 11 is 8.03. The molecule has 0 aliphatic carbocycles. The number of benzene rings is 2. The highest BCUT2D eigenvalue weighted by molar-refractivity contribution is 14.1. The normalized spacial score (nSPS) is 10.8. The fraction of sp³-hybridized carbons (Fsp3) is 0.0526. The zero-order valence-electron chi connectivity index (χ0n) is 13.5. The molecular formula is C19H14ClIN2O3. The lowest BCUT2D eigenvalue weighted by Gasteiger charge is -2.04. The molecule has 1 N–H and O–H groups in total. The summed E-state index contributed by atoms with van der Waals surface area (Å²) in [6.07, 6.45) is 1.44. The Morgan fingerprint density at radius 3 is 2.58 bits per heavy atom. The lowest BCUT2D eigenvalue weighted by molar-refractivity contribution is -0.123. The standard InChI is InChI=1S/C19H14ClIN2O3/c20-14-3-7-16(8-4-14)25-12-19(24)23-22-11-17-9-10-18(26-17)13-1-5-15(21)6-2-13/h1-11H,12H2,(H,23,24)/b22-11+. The number of furan rings is 1. The van der Waals surface area contributed by atoms with Gasteiger partial charge in [0, 0.05) is 14.2 Å². The Kier molecular flexibility index (Phi) is 6.30. The molecule has 132 valence electrons. The van der Waals surface area contributed by atoms with Gasteiger partial charge in [0.1, 0.15) is 17.3 Å². The van der Waals surface area contributed by atoms with Crippen molar-refractivity contribution in [3.63, 3.8) is 0 Å². The highest BCUT2D eigenvalue weighted by Gasteiger charge is 2.04. The van der Waals surface area contributed by atoms with Crippen molar-refractivity contribution in [3.8, 4) is 17.1 Å². The number of halogens is 2. The third-order valence-corrected chi connectivity index (χ3v) is 4.29. The van der Waals surface area contributed by atoms with E-state index in [0.29, 0.717) is 16.5 Å². The Bertz CT molecular complexity index is 905. The van der Waals surface area contributed by atoms with Gasteiger partial charge >= 0.3 is 0 Å². The first-order valence-corrected chi connectivity index (χ1v) is 9.12. The summed E-state index contributed by atoms with van der Waals surface area (Å²) in [4.78, 5) is 11.7. The second-order valence-corrected chi connectivity index (χ2v) is 6.93. The number of amides is 1. The number of hydrogen-bond donors (Lipinski definition) is 1. The molecule has 0 bridgehead atoms. The summed E-state index contributed by atoms with van der Waals surface area (Å²) in [7, 11) is 0. The summed E-state index contributed by atoms with van der Waals surface area (Å²) in [5, 5.41) is 4.47. The Morgan fingerprint density at radius 1 is 1.12 bits per heavy atom. The average Bonchev–Trinajstić information content (AvgIpc) is 3.11. The van der Waals surface area contributed by atoms with Crippen molar-refractivity contribution in [1.29, 1.82) is 0 Å². The van der Waals surface area contributed by atoms with Crippen molar-refractivity contribution in [2.75, 3.05) is 6.61 Å². The van der Waals surface area contributed by atoms with Crippen LogP contribution in [0.4, 0.5) is 0 Å². The van der Waals surface area contributed by atoms with Crippen LogP contribution in [0.2, 0.25) is 5.02 Å². The zero-order valence-corrected chi connectivity index (χ0v) is 16.4. The van der Waals surface area contributed by atoms with Crippen LogP contribution in [-0.2, 0) is 4.79 Å². The number of nitrogens with zero attached hydrogens (tertiary/aromatic N) is 1. The molecule has 0 aliphatic heterocycles. The number of rotatable bonds is 6. The van der Waals surface area contributed by atoms with Gasteiger partial charge in [-0.1, -0.05) is 23.7 Å². The minimum absolute atomic E-state index is 0.148. The van der Waals surface area contributed by atoms with Gasteiger partial charge in [-0.15, -0.1) is 0 Å². The number of carbonyl (C=O) groups excluding carboxylic acids is 1. The van der Waals surface area contributed by atoms with E-state index in [1.165, 1.54) is 6.21 Å². The van der Waals surface area contributed by atoms with Crippen LogP contribution in [0.1, 0.15) is 5.76 Å². The number of hydrogen-bond acceptors (Lipinski definition) is 4. The summed E-state index contributed by atoms with van der Waals surface area (Å²) < 4.78 is 12.2. The van der Waals surface area contributed by atoms with Crippen LogP contribution < -0.4 is 10.2 Å². The average molecular weight is 481 g/mol. The van der Waals surface area contributed by atoms with Gasteiger partial charge in [0.2, 0.25) is 0 Å². The van der Waals surface area contributed by atoms with Gasteiger partial charge in [-0.25, -0.2) is 5.43 Å². The van der Waals surface area contributed by atoms with Crippen LogP contribution in [0.3, 0.4) is 0 Å². The predicted molar refractivity (Wildman–Crippen MR) is 110 cm³/mol. The molecule has 5 nitrogen and oxygen atoms in total. The first-order chi connectivity index (χ1) is 12.6. The summed E-state index contributed by atoms with van der Waals surface area (Å²) in [5.41, 5.74) is 3.37. The maximum atomic E-state index is 11.7. The Morgan fingerprint density at radius 2 is 1.85 bits per heavy atom. The van der Waals surface area contributed by atoms with Crippen LogP contribution in [-0.4, -0.2) is 18.7 Å². The van der Waals surface area contributed by atoms with Crippen molar-refractivity contribution < 1.29 is 13.9 Å². The fourth-order valence-electron chi connectivity index (χ4n) is 2.07. The first kappa shape index (κ1) is 18.5. The third-order valence-electron chi connectivity index (χ3n) is 3.32. The van der Waals surface area contributed by atoms with Gasteiger partial charge in [-0.05, 0) is 71.1 Å². The maximum absolute atomic E-state index is 11.7. The topological polar surface area (TPSA) is 63.8 Å². The Hall–Kier alpha value is -2.32. The number of carbonyl (C=O) groups is 1. The Balaban J connectivity index is 1.49. The van der Waals surface area contributed by atoms with Crippen LogP contribution in [0.5, 0.6) is 5.75 Å². The molecule has 1 heterocycles. The van der Waals surface area contributed by atoms with Crippen molar-refractivity contribution in [3.05, 3.63) is 75.0 Å². The van der Waals surface area contributed by atoms with Crippen molar-refractivity contribution in [2.45, 2.75) is 0 Å². The maximum Gasteiger partial charge on any atom is 0.277 e. The van der Waals surface area contributed by atoms with Gasteiger partial charge in [0.15, 0.2) is 6.61 Å². The molecule has 3 aromatic rings. The lowest BCUT2D eigenvalue weighted by Crippen LogP contribution is -2.24. The largest absolute Gasteiger partial charge is 0.484 e. The van der Waals surface area contributed by atoms with Gasteiger partial charge in [-0.2, -0.15) is 5.10 Å². The molecule has 0 atom stereocenters. The van der Waals surface area contributed by atoms with E-state index in [2.05, 4.69) is 33.1 Å². The molecule has 2 aromatic carbocycles. The van der Waals surface area contributed by atoms with E-state index in [-0.39, 0.29) is 12.5 Å². The highest BCUT2D eigenvalue weighted by atomic mass is 127. The lowest BCUT2D eigenvalue weighted by atomic mass is 10.2. The van der Waals surface area contributed by atoms with E-state index in [0.717, 1.165) is 14.9 Å². The summed E-state index contributed by atoms with van der Waals surface area (Å²) in [6, 6.07) is 18.4. The number of hydrazone groups is 1. The molecule has 1 aromatic heterocycles. The van der Waals surface area contributed by atoms with Crippen molar-refractivity contribution in [1.82, 2.24) is 5.43 Å². The van der Waals surface area contributed by atoms with Crippen LogP contribution in [0.15, 0.2) is 70.2 Å². The van der Waals surface area contributed by atoms with E-state index < -0.39 is 0 Å². The third kappa shape index (κ3) is 5.34. The molecule has 0 saturated carbocycles. The van der Waals surface area contributed by atoms with Gasteiger partial charge in [0.25, 0.3) is 5.91 Å². The van der Waals surface area contributed by atoms with Gasteiger partial charge < -0.3 is 9.15 Å². The molecule has 3 rings (SSSR count). The fourth-order valence-corrected chi connectivity index (χ4v) is 2.56. The molecule has 7 heteroatoms. The molecule has 0 saturated heterocycles. The molecule has 0 spiro atoms. The van der Waals surface area contributed by atoms with Gasteiger partial charge in [-0.3, -0.25) is 4.79 Å². The molecule has 1 amide bonds. The molecule has 0 fully saturated rings. The van der Waals surface area contributed by atoms with Crippen LogP contribution >= 0.6 is 34.2 Å². The molecular weight excluding hydrogens is 467 g/mol. The summed E-state index contributed by atoms with van der Waals surface area (Å²) in [5.74, 6) is 1.46. The van der Waals surface area contributed by atoms with E-state index in [1.54, 1.807) is 30.3 Å². The van der Waals surface area contributed by atoms with E-state index in [4.69, 9.17) is 20.8 Å². The molecule has 0 radical (unpaired) electrons. The molecule has 0 unspecified atom stereocenters. The van der Waals surface area contributed by atoms with Crippen LogP contribution in [0.25, 0.3) is 11.3 Å². The summed E-state index contributed by atoms with van der Waals surface area (Å²) in [6.45, 7) is -0.148. The minimum Gasteiger partial charge on any atom is -0.484 e. The second-order valence-electron chi connectivity index (χ2n) is 5.24. The smallest absolute Gasteiger partial charge is 0.277 e. The first-order valence-electron chi connectivity index (χ1n) is 7.66. The molecule has 26 heavy (non-hydrogen) atoms. The quantitative estimate of drug-likeness (QED) is 0.315. The monoisotopic (exact) mass is 480 g/mol. The van der Waals surface area contributed by atoms with E-state index in [1.807, 2.05) is 30.3 Å². The minimum atomic E-state index is -0.374. The van der Waals surface area contributed by atoms with Crippen molar-refractivity contribution >= 4 is 46.3 Å². The van der Waals surface area contributed by atoms with E-state index in [9.17, 15) is 4.79 Å². The highest BCUT2D eigenvalue weighted by Crippen LogP contribution is 2.22. The second kappa shape index (κ2) is 8.86. The predicted octanol–water partition coefficient (Wildman–Crippen LogP) is 4.73. The van der Waals surface area contributed by atoms with Gasteiger partial charge in [0.05, 0.1) is 6.21 Å². The van der Waals surface area contributed by atoms with Crippen LogP contribution in [0, 0.1) is 3.57 Å². The number of nitrogens with one attached hydrogen (secondary N) is 1. The molecule has 0 aliphatic rings.